The lowest BCUT2D eigenvalue weighted by atomic mass is 9.84. The van der Waals surface area contributed by atoms with Crippen molar-refractivity contribution >= 4 is 29.7 Å². The summed E-state index contributed by atoms with van der Waals surface area (Å²) >= 11 is 1.53. The Morgan fingerprint density at radius 2 is 1.12 bits per heavy atom. The second kappa shape index (κ2) is 15.3. The van der Waals surface area contributed by atoms with Crippen molar-refractivity contribution in [2.24, 2.45) is 0 Å². The lowest BCUT2D eigenvalue weighted by molar-refractivity contribution is -0.144. The number of nitrogens with one attached hydrogen (secondary N) is 2. The van der Waals surface area contributed by atoms with Crippen LogP contribution in [-0.4, -0.2) is 49.5 Å². The van der Waals surface area contributed by atoms with E-state index in [2.05, 4.69) is 71.3 Å². The van der Waals surface area contributed by atoms with Crippen LogP contribution in [0.3, 0.4) is 0 Å². The zero-order valence-corrected chi connectivity index (χ0v) is 28.2. The number of carbonyl (C=O) groups excluding carboxylic acids is 3. The molecule has 2 amide bonds. The second-order valence-electron chi connectivity index (χ2n) is 11.9. The molecule has 0 aromatic heterocycles. The van der Waals surface area contributed by atoms with Crippen LogP contribution >= 0.6 is 11.8 Å². The molecule has 0 heterocycles. The van der Waals surface area contributed by atoms with Crippen molar-refractivity contribution in [1.82, 2.24) is 10.6 Å². The quantitative estimate of drug-likeness (QED) is 0.107. The highest BCUT2D eigenvalue weighted by Gasteiger charge is 2.39. The Hall–Kier alpha value is -5.34. The normalized spacial score (nSPS) is 13.3. The molecular weight excluding hydrogens is 633 g/mol. The van der Waals surface area contributed by atoms with Gasteiger partial charge in [-0.25, -0.2) is 9.59 Å². The van der Waals surface area contributed by atoms with Crippen LogP contribution in [0.4, 0.5) is 4.79 Å². The third kappa shape index (κ3) is 7.10. The van der Waals surface area contributed by atoms with Gasteiger partial charge in [0.25, 0.3) is 0 Å². The van der Waals surface area contributed by atoms with E-state index in [-0.39, 0.29) is 18.3 Å². The Kier molecular flexibility index (Phi) is 10.4. The van der Waals surface area contributed by atoms with Crippen molar-refractivity contribution < 1.29 is 23.9 Å². The maximum atomic E-state index is 13.8. The van der Waals surface area contributed by atoms with E-state index in [0.717, 1.165) is 38.9 Å². The van der Waals surface area contributed by atoms with Crippen molar-refractivity contribution in [2.45, 2.75) is 29.7 Å². The minimum Gasteiger partial charge on any atom is -0.467 e. The molecule has 0 aliphatic heterocycles. The summed E-state index contributed by atoms with van der Waals surface area (Å²) < 4.78 is 9.96. The molecule has 0 spiro atoms. The van der Waals surface area contributed by atoms with Crippen LogP contribution in [0.5, 0.6) is 0 Å². The number of hydrogen-bond donors (Lipinski definition) is 2. The fourth-order valence-corrected chi connectivity index (χ4v) is 8.05. The predicted molar refractivity (Wildman–Crippen MR) is 193 cm³/mol. The average molecular weight is 671 g/mol. The lowest BCUT2D eigenvalue weighted by Gasteiger charge is -2.36. The summed E-state index contributed by atoms with van der Waals surface area (Å²) in [7, 11) is 1.27. The van der Waals surface area contributed by atoms with Gasteiger partial charge in [-0.1, -0.05) is 140 Å². The van der Waals surface area contributed by atoms with Crippen LogP contribution in [-0.2, 0) is 23.8 Å². The number of carbonyl (C=O) groups is 3. The summed E-state index contributed by atoms with van der Waals surface area (Å²) in [5.74, 6) is -1.10. The first-order valence-corrected chi connectivity index (χ1v) is 17.2. The van der Waals surface area contributed by atoms with E-state index in [1.807, 2.05) is 78.9 Å². The average Bonchev–Trinajstić information content (AvgIpc) is 3.48. The minimum absolute atomic E-state index is 0.0991. The van der Waals surface area contributed by atoms with E-state index in [4.69, 9.17) is 9.47 Å². The number of benzene rings is 5. The summed E-state index contributed by atoms with van der Waals surface area (Å²) in [4.78, 5) is 39.6. The first-order chi connectivity index (χ1) is 23.9. The first-order valence-electron chi connectivity index (χ1n) is 16.2. The minimum atomic E-state index is -1.05. The lowest BCUT2D eigenvalue weighted by Crippen LogP contribution is -2.52. The maximum Gasteiger partial charge on any atom is 0.407 e. The molecule has 2 N–H and O–H groups in total. The van der Waals surface area contributed by atoms with Crippen molar-refractivity contribution in [1.29, 1.82) is 0 Å². The van der Waals surface area contributed by atoms with E-state index in [1.54, 1.807) is 6.92 Å². The SMILES string of the molecule is COC(=O)C(C)NC(=O)C(CSC(c1ccccc1)(c1ccccc1)c1ccccc1)NC(=O)OCC1c2ccccc2-c2ccccc21. The number of esters is 1. The van der Waals surface area contributed by atoms with Crippen LogP contribution < -0.4 is 10.6 Å². The number of alkyl carbamates (subject to hydrolysis) is 1. The van der Waals surface area contributed by atoms with E-state index >= 15 is 0 Å². The molecule has 7 nitrogen and oxygen atoms in total. The number of hydrogen-bond acceptors (Lipinski definition) is 6. The van der Waals surface area contributed by atoms with Gasteiger partial charge < -0.3 is 20.1 Å². The highest BCUT2D eigenvalue weighted by Crippen LogP contribution is 2.49. The van der Waals surface area contributed by atoms with E-state index < -0.39 is 34.8 Å². The molecule has 6 rings (SSSR count). The highest BCUT2D eigenvalue weighted by molar-refractivity contribution is 8.00. The summed E-state index contributed by atoms with van der Waals surface area (Å²) in [6, 6.07) is 44.5. The molecule has 0 saturated heterocycles. The van der Waals surface area contributed by atoms with Crippen molar-refractivity contribution in [2.75, 3.05) is 19.5 Å². The van der Waals surface area contributed by atoms with E-state index in [1.165, 1.54) is 18.9 Å². The third-order valence-electron chi connectivity index (χ3n) is 8.87. The van der Waals surface area contributed by atoms with Crippen molar-refractivity contribution in [3.05, 3.63) is 167 Å². The number of amides is 2. The Balaban J connectivity index is 1.29. The molecule has 8 heteroatoms. The molecule has 1 aliphatic rings. The van der Waals surface area contributed by atoms with Gasteiger partial charge >= 0.3 is 12.1 Å². The van der Waals surface area contributed by atoms with Crippen molar-refractivity contribution in [3.63, 3.8) is 0 Å². The third-order valence-corrected chi connectivity index (χ3v) is 10.5. The van der Waals surface area contributed by atoms with Gasteiger partial charge in [0.2, 0.25) is 5.91 Å². The number of rotatable bonds is 12. The topological polar surface area (TPSA) is 93.7 Å². The summed E-state index contributed by atoms with van der Waals surface area (Å²) in [6.45, 7) is 1.64. The number of thioether (sulfide) groups is 1. The summed E-state index contributed by atoms with van der Waals surface area (Å²) in [5, 5.41) is 5.55. The fraction of sp³-hybridized carbons (Fsp3) is 0.195. The van der Waals surface area contributed by atoms with Gasteiger partial charge in [0, 0.05) is 11.7 Å². The van der Waals surface area contributed by atoms with E-state index in [0.29, 0.717) is 0 Å². The highest BCUT2D eigenvalue weighted by atomic mass is 32.2. The van der Waals surface area contributed by atoms with Crippen LogP contribution in [0.25, 0.3) is 11.1 Å². The Morgan fingerprint density at radius 1 is 0.673 bits per heavy atom. The van der Waals surface area contributed by atoms with Crippen LogP contribution in [0, 0.1) is 0 Å². The summed E-state index contributed by atoms with van der Waals surface area (Å²) in [5.41, 5.74) is 7.47. The predicted octanol–water partition coefficient (Wildman–Crippen LogP) is 7.30. The monoisotopic (exact) mass is 670 g/mol. The van der Waals surface area contributed by atoms with Gasteiger partial charge in [0.15, 0.2) is 0 Å². The van der Waals surface area contributed by atoms with Gasteiger partial charge in [0.05, 0.1) is 11.9 Å². The summed E-state index contributed by atoms with van der Waals surface area (Å²) in [6.07, 6.45) is -0.724. The largest absolute Gasteiger partial charge is 0.467 e. The molecule has 5 aromatic carbocycles. The van der Waals surface area contributed by atoms with E-state index in [9.17, 15) is 14.4 Å². The Labute approximate surface area is 291 Å². The fourth-order valence-electron chi connectivity index (χ4n) is 6.49. The number of fused-ring (bicyclic) bond motifs is 3. The standard InChI is InChI=1S/C41H38N2O5S/c1-28(39(45)47-2)42-38(44)37(43-40(46)48-26-36-34-24-14-12-22-32(34)33-23-13-15-25-35(33)36)27-49-41(29-16-6-3-7-17-29,30-18-8-4-9-19-30)31-20-10-5-11-21-31/h3-25,28,36-37H,26-27H2,1-2H3,(H,42,44)(H,43,46). The number of ether oxygens (including phenoxy) is 2. The van der Waals surface area contributed by atoms with Crippen LogP contribution in [0.1, 0.15) is 40.7 Å². The van der Waals surface area contributed by atoms with Gasteiger partial charge in [-0.2, -0.15) is 0 Å². The first kappa shape index (κ1) is 33.6. The maximum absolute atomic E-state index is 13.8. The van der Waals surface area contributed by atoms with Gasteiger partial charge in [0.1, 0.15) is 18.7 Å². The Bertz CT molecular complexity index is 1760. The molecule has 2 atom stereocenters. The van der Waals surface area contributed by atoms with Gasteiger partial charge in [-0.3, -0.25) is 4.79 Å². The molecule has 248 valence electrons. The van der Waals surface area contributed by atoms with Crippen LogP contribution in [0.2, 0.25) is 0 Å². The molecule has 5 aromatic rings. The molecule has 2 unspecified atom stereocenters. The molecule has 0 radical (unpaired) electrons. The van der Waals surface area contributed by atoms with Gasteiger partial charge in [-0.15, -0.1) is 11.8 Å². The molecule has 0 saturated carbocycles. The molecule has 49 heavy (non-hydrogen) atoms. The molecule has 0 bridgehead atoms. The molecular formula is C41H38N2O5S. The van der Waals surface area contributed by atoms with Crippen molar-refractivity contribution in [3.8, 4) is 11.1 Å². The molecule has 0 fully saturated rings. The smallest absolute Gasteiger partial charge is 0.407 e. The number of methoxy groups -OCH3 is 1. The second-order valence-corrected chi connectivity index (χ2v) is 13.1. The van der Waals surface area contributed by atoms with Crippen LogP contribution in [0.15, 0.2) is 140 Å². The molecule has 1 aliphatic carbocycles. The Morgan fingerprint density at radius 3 is 1.59 bits per heavy atom. The zero-order valence-electron chi connectivity index (χ0n) is 27.4. The zero-order chi connectivity index (χ0) is 34.2. The van der Waals surface area contributed by atoms with Gasteiger partial charge in [-0.05, 0) is 45.9 Å².